The number of ether oxygens (including phenoxy) is 1. The lowest BCUT2D eigenvalue weighted by molar-refractivity contribution is -0.144. The number of nitrogens with one attached hydrogen (secondary N) is 5. The minimum atomic E-state index is -4.23. The van der Waals surface area contributed by atoms with Gasteiger partial charge in [-0.05, 0) is 84.7 Å². The van der Waals surface area contributed by atoms with E-state index in [2.05, 4.69) is 26.0 Å². The fourth-order valence-corrected chi connectivity index (χ4v) is 11.6. The molecule has 88 heavy (non-hydrogen) atoms. The molecule has 0 bridgehead atoms. The molecule has 1 aliphatic heterocycles. The van der Waals surface area contributed by atoms with Crippen molar-refractivity contribution in [3.05, 3.63) is 118 Å². The van der Waals surface area contributed by atoms with Crippen molar-refractivity contribution >= 4 is 69.0 Å². The number of nitrogens with zero attached hydrogens (tertiary/aromatic N) is 2. The number of benzene rings is 3. The number of Topliss-reactive ketones (excluding diaryl/α,β-unsaturated/α-hetero) is 2. The summed E-state index contributed by atoms with van der Waals surface area (Å²) in [5, 5.41) is 11.5. The molecule has 1 unspecified atom stereocenters. The maximum absolute atomic E-state index is 14.4. The first-order chi connectivity index (χ1) is 41.6. The molecule has 3 aromatic carbocycles. The average Bonchev–Trinajstić information content (AvgIpc) is 2.53. The maximum Gasteiger partial charge on any atom is 0.312 e. The molecule has 1 fully saturated rings. The molecule has 22 heteroatoms. The zero-order valence-corrected chi connectivity index (χ0v) is 54.1. The molecule has 7 N–H and O–H groups in total. The van der Waals surface area contributed by atoms with Crippen molar-refractivity contribution in [2.24, 2.45) is 28.9 Å². The topological polar surface area (TPSA) is 307 Å². The van der Waals surface area contributed by atoms with Crippen molar-refractivity contribution in [1.29, 1.82) is 0 Å². The van der Waals surface area contributed by atoms with E-state index in [1.807, 2.05) is 92.6 Å². The fourth-order valence-electron chi connectivity index (χ4n) is 10.5. The van der Waals surface area contributed by atoms with Crippen molar-refractivity contribution in [3.8, 4) is 0 Å². The van der Waals surface area contributed by atoms with Gasteiger partial charge in [-0.3, -0.25) is 48.1 Å². The summed E-state index contributed by atoms with van der Waals surface area (Å²) in [5.74, 6) is -5.69. The van der Waals surface area contributed by atoms with Crippen LogP contribution in [0, 0.1) is 23.2 Å². The van der Waals surface area contributed by atoms with Crippen LogP contribution in [0.1, 0.15) is 156 Å². The van der Waals surface area contributed by atoms with Gasteiger partial charge >= 0.3 is 12.0 Å². The Morgan fingerprint density at radius 1 is 0.761 bits per heavy atom. The van der Waals surface area contributed by atoms with Crippen molar-refractivity contribution in [2.45, 2.75) is 182 Å². The number of unbranched alkanes of at least 4 members (excludes halogenated alkanes) is 2. The molecule has 482 valence electrons. The molecule has 21 nitrogen and oxygen atoms in total. The molecule has 6 atom stereocenters. The summed E-state index contributed by atoms with van der Waals surface area (Å²) >= 11 is 0. The van der Waals surface area contributed by atoms with E-state index < -0.39 is 92.8 Å². The van der Waals surface area contributed by atoms with Gasteiger partial charge < -0.3 is 36.6 Å². The summed E-state index contributed by atoms with van der Waals surface area (Å²) in [7, 11) is -0.937. The normalized spacial score (nSPS) is 15.8. The van der Waals surface area contributed by atoms with Crippen molar-refractivity contribution in [2.75, 3.05) is 27.2 Å². The smallest absolute Gasteiger partial charge is 0.312 e. The molecule has 0 radical (unpaired) electrons. The third-order valence-corrected chi connectivity index (χ3v) is 17.1. The average molecular weight is 1240 g/mol. The van der Waals surface area contributed by atoms with E-state index in [1.54, 1.807) is 56.6 Å². The van der Waals surface area contributed by atoms with Gasteiger partial charge in [0.05, 0.1) is 30.3 Å². The first kappa shape index (κ1) is 71.2. The van der Waals surface area contributed by atoms with Gasteiger partial charge in [0.25, 0.3) is 5.91 Å². The van der Waals surface area contributed by atoms with E-state index in [9.17, 15) is 56.4 Å². The van der Waals surface area contributed by atoms with Crippen LogP contribution < -0.4 is 31.7 Å². The van der Waals surface area contributed by atoms with E-state index in [1.165, 1.54) is 24.0 Å². The highest BCUT2D eigenvalue weighted by Crippen LogP contribution is 2.30. The van der Waals surface area contributed by atoms with E-state index >= 15 is 0 Å². The second kappa shape index (κ2) is 33.7. The summed E-state index contributed by atoms with van der Waals surface area (Å²) < 4.78 is 42.0. The Labute approximate surface area is 521 Å². The summed E-state index contributed by atoms with van der Waals surface area (Å²) in [6.45, 7) is 18.6. The molecule has 3 aromatic rings. The highest BCUT2D eigenvalue weighted by Gasteiger charge is 2.42. The summed E-state index contributed by atoms with van der Waals surface area (Å²) in [6, 6.07) is 18.6. The number of urea groups is 1. The van der Waals surface area contributed by atoms with Gasteiger partial charge in [0.15, 0.2) is 5.78 Å². The molecule has 0 aromatic heterocycles. The predicted octanol–water partition coefficient (Wildman–Crippen LogP) is 6.43. The van der Waals surface area contributed by atoms with Crippen LogP contribution in [0.4, 0.5) is 4.79 Å². The Morgan fingerprint density at radius 3 is 1.92 bits per heavy atom. The van der Waals surface area contributed by atoms with Crippen LogP contribution in [-0.2, 0) is 88.5 Å². The molecule has 0 saturated carbocycles. The molecule has 4 rings (SSSR count). The number of primary amides is 1. The number of likely N-dealkylation sites (N-methyl/N-ethyl adjacent to an activating group) is 2. The highest BCUT2D eigenvalue weighted by molar-refractivity contribution is 7.89. The van der Waals surface area contributed by atoms with Crippen LogP contribution in [-0.4, -0.2) is 129 Å². The van der Waals surface area contributed by atoms with Gasteiger partial charge in [0, 0.05) is 70.5 Å². The molecular formula is C66H94N8O13S. The number of hydrogen-bond donors (Lipinski definition) is 6. The first-order valence-electron chi connectivity index (χ1n) is 30.7. The monoisotopic (exact) mass is 1240 g/mol. The minimum absolute atomic E-state index is 0.0463. The van der Waals surface area contributed by atoms with Gasteiger partial charge in [-0.25, -0.2) is 17.9 Å². The third-order valence-electron chi connectivity index (χ3n) is 15.8. The number of amides is 8. The number of rotatable bonds is 35. The molecule has 1 heterocycles. The zero-order chi connectivity index (χ0) is 66.6. The van der Waals surface area contributed by atoms with Crippen LogP contribution in [0.25, 0.3) is 0 Å². The fraction of sp³-hybridized carbons (Fsp3) is 0.545. The Kier molecular flexibility index (Phi) is 27.2. The molecule has 8 amide bonds. The van der Waals surface area contributed by atoms with Crippen molar-refractivity contribution in [3.63, 3.8) is 0 Å². The highest BCUT2D eigenvalue weighted by atomic mass is 32.2. The molecule has 0 aliphatic carbocycles. The number of nitrogens with two attached hydrogens (primary N) is 1. The van der Waals surface area contributed by atoms with E-state index in [-0.39, 0.29) is 105 Å². The Balaban J connectivity index is 1.29. The molecule has 0 spiro atoms. The lowest BCUT2D eigenvalue weighted by atomic mass is 9.76. The Morgan fingerprint density at radius 2 is 1.36 bits per heavy atom. The number of imide groups is 1. The number of likely N-dealkylation sites (tertiary alicyclic amines) is 1. The van der Waals surface area contributed by atoms with Gasteiger partial charge in [-0.1, -0.05) is 154 Å². The predicted molar refractivity (Wildman–Crippen MR) is 336 cm³/mol. The van der Waals surface area contributed by atoms with Gasteiger partial charge in [0.1, 0.15) is 18.4 Å². The number of carbonyl (C=O) groups excluding carboxylic acids is 10. The lowest BCUT2D eigenvalue weighted by Crippen LogP contribution is -2.61. The number of esters is 1. The zero-order valence-electron chi connectivity index (χ0n) is 54.3. The van der Waals surface area contributed by atoms with Crippen LogP contribution in [0.5, 0.6) is 0 Å². The summed E-state index contributed by atoms with van der Waals surface area (Å²) in [4.78, 5) is 133. The number of sulfonamides is 1. The van der Waals surface area contributed by atoms with Crippen molar-refractivity contribution < 1.29 is 62.5 Å². The first-order valence-corrected chi connectivity index (χ1v) is 31.8. The van der Waals surface area contributed by atoms with Gasteiger partial charge in [-0.15, -0.1) is 0 Å². The minimum Gasteiger partial charge on any atom is -0.461 e. The quantitative estimate of drug-likeness (QED) is 0.0160. The maximum atomic E-state index is 14.4. The number of ketones is 2. The van der Waals surface area contributed by atoms with Crippen LogP contribution in [0.2, 0.25) is 0 Å². The van der Waals surface area contributed by atoms with Crippen LogP contribution in [0.3, 0.4) is 0 Å². The lowest BCUT2D eigenvalue weighted by Gasteiger charge is -2.40. The number of carbonyl (C=O) groups is 10. The second-order valence-electron chi connectivity index (χ2n) is 25.1. The SMILES string of the molecule is [3H]C1CC(=O)N(CCCCCC(=O)C[C@H](C(=O)N[C@@H](CCCNC(N)=O)C(=O)Cc2ccc(COC(=O)Cc3ccc(CS(=O)(=O)NC(=O)/C(C)=C/[C@H](C(C)C)N(C)C(=O)[C@@H](NC(=O)[C@@H](NC)C(C)(C)c4ccccc4)C(C)(C)C)cc3)cc2)C(C)C)C1=O. The molecule has 1 aliphatic rings. The largest absolute Gasteiger partial charge is 0.461 e. The summed E-state index contributed by atoms with van der Waals surface area (Å²) in [5.41, 5.74) is 6.99. The van der Waals surface area contributed by atoms with E-state index in [0.29, 0.717) is 47.9 Å². The molecule has 1 saturated heterocycles. The Bertz CT molecular complexity index is 3110. The Hall–Kier alpha value is -7.59. The number of hydrogen-bond acceptors (Lipinski definition) is 14. The van der Waals surface area contributed by atoms with Gasteiger partial charge in [0.2, 0.25) is 39.6 Å². The van der Waals surface area contributed by atoms with E-state index in [4.69, 9.17) is 11.8 Å². The van der Waals surface area contributed by atoms with Gasteiger partial charge in [-0.2, -0.15) is 0 Å². The standard InChI is InChI=1S/C66H94N8O13S/c1-42(2)51(39-50(75)22-17-14-18-35-74-55(77)32-33-56(74)78)61(81)70-52(23-19-34-69-64(67)84)54(76)37-45-24-28-47(29-25-45)40-87-57(79)38-46-26-30-48(31-27-46)41-88(85,86)72-60(80)44(5)36-53(43(3)4)73(12)63(83)59(65(6,7)8)71-62(82)58(68-11)66(9,10)49-20-15-13-16-21-49/h13,15-16,20-21,24-31,36,42-43,51-53,58-59,68H,14,17-19,22-23,32-35,37-41H2,1-12H3,(H,70,81)(H,71,82)(H,72,80)(H3,67,69,84)/b44-36+/t51-,52-,53+,58+,59+/m0/s1/i32T/t32?,51-,52-,53+,58+,59+. The summed E-state index contributed by atoms with van der Waals surface area (Å²) in [6.07, 6.45) is 2.38. The molecular weight excluding hydrogens is 1140 g/mol. The second-order valence-corrected chi connectivity index (χ2v) is 26.9. The third kappa shape index (κ3) is 22.8. The van der Waals surface area contributed by atoms with Crippen LogP contribution in [0.15, 0.2) is 90.5 Å². The van der Waals surface area contributed by atoms with Crippen molar-refractivity contribution in [1.82, 2.24) is 35.8 Å². The van der Waals surface area contributed by atoms with Crippen LogP contribution >= 0.6 is 0 Å². The van der Waals surface area contributed by atoms with E-state index in [0.717, 1.165) is 10.5 Å².